The average molecular weight is 823 g/mol. The zero-order valence-corrected chi connectivity index (χ0v) is 34.6. The second-order valence-electron chi connectivity index (χ2n) is 18.4. The van der Waals surface area contributed by atoms with E-state index in [0.29, 0.717) is 60.5 Å². The number of hydrogen-bond donors (Lipinski definition) is 4. The van der Waals surface area contributed by atoms with E-state index in [1.165, 1.54) is 0 Å². The summed E-state index contributed by atoms with van der Waals surface area (Å²) < 4.78 is 3.44. The average Bonchev–Trinajstić information content (AvgIpc) is 4.05. The van der Waals surface area contributed by atoms with Gasteiger partial charge in [0.2, 0.25) is 23.6 Å². The van der Waals surface area contributed by atoms with Gasteiger partial charge in [0.25, 0.3) is 11.1 Å². The van der Waals surface area contributed by atoms with E-state index in [0.717, 1.165) is 51.4 Å². The van der Waals surface area contributed by atoms with Crippen LogP contribution in [0.1, 0.15) is 99.8 Å². The lowest BCUT2D eigenvalue weighted by molar-refractivity contribution is -0.139. The number of carbonyl (C=O) groups is 4. The molecule has 4 amide bonds. The molecule has 4 bridgehead atoms. The van der Waals surface area contributed by atoms with Crippen molar-refractivity contribution in [2.75, 3.05) is 26.3 Å². The van der Waals surface area contributed by atoms with Crippen LogP contribution in [-0.4, -0.2) is 91.2 Å². The molecule has 2 saturated heterocycles. The molecule has 8 aliphatic rings. The van der Waals surface area contributed by atoms with Gasteiger partial charge in [0.1, 0.15) is 0 Å². The first-order valence-electron chi connectivity index (χ1n) is 22.2. The maximum atomic E-state index is 13.2. The lowest BCUT2D eigenvalue weighted by atomic mass is 9.86. The van der Waals surface area contributed by atoms with Crippen LogP contribution < -0.4 is 21.8 Å². The zero-order chi connectivity index (χ0) is 42.0. The molecular weight excluding hydrogens is 765 g/mol. The van der Waals surface area contributed by atoms with Gasteiger partial charge in [-0.1, -0.05) is 24.3 Å². The molecule has 4 N–H and O–H groups in total. The molecule has 320 valence electrons. The Morgan fingerprint density at radius 2 is 1.00 bits per heavy atom. The molecule has 4 aliphatic heterocycles. The van der Waals surface area contributed by atoms with E-state index in [4.69, 9.17) is 0 Å². The van der Waals surface area contributed by atoms with Gasteiger partial charge in [-0.15, -0.1) is 0 Å². The van der Waals surface area contributed by atoms with Gasteiger partial charge in [0.15, 0.2) is 0 Å². The number of fused-ring (bicyclic) bond motifs is 8. The molecule has 4 saturated carbocycles. The summed E-state index contributed by atoms with van der Waals surface area (Å²) in [5, 5.41) is 26.6. The number of nitrogens with one attached hydrogen (secondary N) is 2. The fraction of sp³-hybridized carbons (Fsp3) is 0.609. The van der Waals surface area contributed by atoms with Crippen LogP contribution in [0.2, 0.25) is 0 Å². The summed E-state index contributed by atoms with van der Waals surface area (Å²) in [7, 11) is 0. The summed E-state index contributed by atoms with van der Waals surface area (Å²) in [5.74, 6) is -0.789. The minimum absolute atomic E-state index is 0.0168. The van der Waals surface area contributed by atoms with Gasteiger partial charge in [-0.05, 0) is 101 Å². The van der Waals surface area contributed by atoms with Crippen LogP contribution in [0.4, 0.5) is 0 Å². The number of amides is 4. The van der Waals surface area contributed by atoms with Crippen molar-refractivity contribution < 1.29 is 29.4 Å². The number of pyridine rings is 2. The maximum absolute atomic E-state index is 13.2. The number of carbonyl (C=O) groups excluding carboxylic acids is 4. The first kappa shape index (κ1) is 40.6. The molecule has 60 heavy (non-hydrogen) atoms. The minimum atomic E-state index is -0.540. The molecule has 0 unspecified atom stereocenters. The Morgan fingerprint density at radius 1 is 0.617 bits per heavy atom. The highest BCUT2D eigenvalue weighted by molar-refractivity contribution is 5.87. The molecule has 8 atom stereocenters. The molecule has 6 heterocycles. The monoisotopic (exact) mass is 822 g/mol. The van der Waals surface area contributed by atoms with E-state index >= 15 is 0 Å². The molecule has 4 aliphatic carbocycles. The summed E-state index contributed by atoms with van der Waals surface area (Å²) in [4.78, 5) is 82.8. The van der Waals surface area contributed by atoms with Crippen molar-refractivity contribution in [1.29, 1.82) is 0 Å². The third kappa shape index (κ3) is 7.26. The molecule has 0 spiro atoms. The quantitative estimate of drug-likeness (QED) is 0.252. The van der Waals surface area contributed by atoms with Gasteiger partial charge in [-0.25, -0.2) is 0 Å². The normalized spacial score (nSPS) is 29.9. The van der Waals surface area contributed by atoms with Gasteiger partial charge >= 0.3 is 0 Å². The molecule has 0 radical (unpaired) electrons. The Balaban J connectivity index is 0.000000154. The second-order valence-corrected chi connectivity index (χ2v) is 18.4. The summed E-state index contributed by atoms with van der Waals surface area (Å²) in [6, 6.07) is 5.64. The number of aromatic nitrogens is 2. The van der Waals surface area contributed by atoms with E-state index in [1.807, 2.05) is 47.9 Å². The molecule has 0 aromatic carbocycles. The second kappa shape index (κ2) is 16.2. The van der Waals surface area contributed by atoms with Crippen molar-refractivity contribution in [2.24, 2.45) is 47.3 Å². The van der Waals surface area contributed by atoms with E-state index in [-0.39, 0.29) is 83.7 Å². The van der Waals surface area contributed by atoms with E-state index < -0.39 is 23.9 Å². The fourth-order valence-electron chi connectivity index (χ4n) is 10.5. The molecule has 6 fully saturated rings. The first-order chi connectivity index (χ1) is 29.1. The molecule has 2 aromatic heterocycles. The molecule has 14 nitrogen and oxygen atoms in total. The third-order valence-electron chi connectivity index (χ3n) is 14.3. The van der Waals surface area contributed by atoms with Crippen molar-refractivity contribution in [2.45, 2.75) is 102 Å². The van der Waals surface area contributed by atoms with Gasteiger partial charge in [0.05, 0.1) is 36.0 Å². The van der Waals surface area contributed by atoms with Crippen molar-refractivity contribution in [3.8, 4) is 0 Å². The van der Waals surface area contributed by atoms with Crippen LogP contribution in [0.25, 0.3) is 12.2 Å². The molecular formula is C46H58N6O8. The Kier molecular flexibility index (Phi) is 11.0. The first-order valence-corrected chi connectivity index (χ1v) is 22.2. The van der Waals surface area contributed by atoms with Gasteiger partial charge in [-0.3, -0.25) is 28.8 Å². The van der Waals surface area contributed by atoms with Gasteiger partial charge in [-0.2, -0.15) is 0 Å². The van der Waals surface area contributed by atoms with Crippen LogP contribution in [0, 0.1) is 47.3 Å². The summed E-state index contributed by atoms with van der Waals surface area (Å²) in [6.07, 6.45) is 15.3. The highest BCUT2D eigenvalue weighted by atomic mass is 16.3. The Bertz CT molecular complexity index is 2070. The molecule has 14 heteroatoms. The SMILES string of the molecule is C/C=C/c1ccc2n(c1=O)C[C@H]1[C@H](CO)[C@@H](C(=O)NCC3CC3)[C@@H]2N1C(=O)C1CC1.C/C=C\c1ccc2n(c1=O)C[C@H]1[C@H](CO)[C@@H](C(=O)NCC3CC3)[C@@H]2N1C(=O)C1CC1. The van der Waals surface area contributed by atoms with E-state index in [9.17, 15) is 39.0 Å². The summed E-state index contributed by atoms with van der Waals surface area (Å²) >= 11 is 0. The summed E-state index contributed by atoms with van der Waals surface area (Å²) in [5.41, 5.74) is 2.41. The zero-order valence-electron chi connectivity index (χ0n) is 34.6. The number of aliphatic hydroxyl groups is 2. The number of nitrogens with zero attached hydrogens (tertiary/aromatic N) is 4. The van der Waals surface area contributed by atoms with E-state index in [1.54, 1.807) is 33.4 Å². The maximum Gasteiger partial charge on any atom is 0.258 e. The summed E-state index contributed by atoms with van der Waals surface area (Å²) in [6.45, 7) is 5.32. The lowest BCUT2D eigenvalue weighted by Crippen LogP contribution is -2.49. The number of allylic oxidation sites excluding steroid dienone is 2. The standard InChI is InChI=1S/2C23H29N3O4/c2*1-2-3-14-8-9-17-20-19(21(28)24-10-13-4-5-13)16(12-27)18(11-25(17)22(14)29)26(20)23(30)15-6-7-15/h2*2-3,8-9,13,15-16,18-20,27H,4-7,10-12H2,1H3,(H,24,28)/b3-2+;3-2-/t2*16-,18-,19+,20+/m00/s1. The largest absolute Gasteiger partial charge is 0.396 e. The predicted molar refractivity (Wildman–Crippen MR) is 223 cm³/mol. The smallest absolute Gasteiger partial charge is 0.258 e. The van der Waals surface area contributed by atoms with Crippen LogP contribution in [-0.2, 0) is 32.3 Å². The van der Waals surface area contributed by atoms with Crippen LogP contribution in [0.5, 0.6) is 0 Å². The Morgan fingerprint density at radius 3 is 1.32 bits per heavy atom. The Hall–Kier alpha value is -4.82. The van der Waals surface area contributed by atoms with Crippen molar-refractivity contribution >= 4 is 35.8 Å². The van der Waals surface area contributed by atoms with Crippen molar-refractivity contribution in [3.63, 3.8) is 0 Å². The van der Waals surface area contributed by atoms with Crippen LogP contribution in [0.3, 0.4) is 0 Å². The van der Waals surface area contributed by atoms with Crippen LogP contribution in [0.15, 0.2) is 46.0 Å². The van der Waals surface area contributed by atoms with Gasteiger partial charge in [0, 0.05) is 85.6 Å². The highest BCUT2D eigenvalue weighted by Gasteiger charge is 2.60. The van der Waals surface area contributed by atoms with Crippen LogP contribution >= 0.6 is 0 Å². The van der Waals surface area contributed by atoms with E-state index in [2.05, 4.69) is 10.6 Å². The topological polar surface area (TPSA) is 183 Å². The van der Waals surface area contributed by atoms with Crippen molar-refractivity contribution in [1.82, 2.24) is 29.6 Å². The molecule has 2 aromatic rings. The van der Waals surface area contributed by atoms with Gasteiger partial charge < -0.3 is 39.8 Å². The molecule has 10 rings (SSSR count). The highest BCUT2D eigenvalue weighted by Crippen LogP contribution is 2.52. The number of rotatable bonds is 12. The number of aliphatic hydroxyl groups excluding tert-OH is 2. The third-order valence-corrected chi connectivity index (χ3v) is 14.3. The lowest BCUT2D eigenvalue weighted by Gasteiger charge is -2.38. The van der Waals surface area contributed by atoms with Crippen molar-refractivity contribution in [3.05, 3.63) is 79.6 Å². The number of hydrogen-bond acceptors (Lipinski definition) is 8. The minimum Gasteiger partial charge on any atom is -0.396 e. The Labute approximate surface area is 349 Å². The fourth-order valence-corrected chi connectivity index (χ4v) is 10.5. The predicted octanol–water partition coefficient (Wildman–Crippen LogP) is 2.62.